The predicted molar refractivity (Wildman–Crippen MR) is 64.9 cm³/mol. The third-order valence-corrected chi connectivity index (χ3v) is 2.47. The van der Waals surface area contributed by atoms with Crippen LogP contribution in [0.4, 0.5) is 5.69 Å². The van der Waals surface area contributed by atoms with E-state index in [1.54, 1.807) is 12.1 Å². The summed E-state index contributed by atoms with van der Waals surface area (Å²) >= 11 is 8.99. The standard InChI is InChI=1S/C8H7BrClNO.C2H6/c1-4(12)5-2-6(9)8(11)3-7(5)10;1-2/h2-3H,11H2,1H3;1-2H3. The largest absolute Gasteiger partial charge is 0.398 e. The average molecular weight is 279 g/mol. The molecule has 1 aromatic rings. The van der Waals surface area contributed by atoms with Crippen molar-refractivity contribution in [1.82, 2.24) is 0 Å². The lowest BCUT2D eigenvalue weighted by atomic mass is 10.1. The number of carbonyl (C=O) groups is 1. The van der Waals surface area contributed by atoms with Crippen LogP contribution >= 0.6 is 27.5 Å². The number of ketones is 1. The lowest BCUT2D eigenvalue weighted by molar-refractivity contribution is 0.101. The van der Waals surface area contributed by atoms with E-state index in [0.717, 1.165) is 0 Å². The van der Waals surface area contributed by atoms with E-state index in [2.05, 4.69) is 15.9 Å². The Morgan fingerprint density at radius 1 is 1.43 bits per heavy atom. The van der Waals surface area contributed by atoms with Crippen LogP contribution in [0.5, 0.6) is 0 Å². The van der Waals surface area contributed by atoms with Gasteiger partial charge in [0.25, 0.3) is 0 Å². The second-order valence-electron chi connectivity index (χ2n) is 2.41. The van der Waals surface area contributed by atoms with Crippen LogP contribution < -0.4 is 5.73 Å². The highest BCUT2D eigenvalue weighted by Gasteiger charge is 2.07. The summed E-state index contributed by atoms with van der Waals surface area (Å²) in [5.74, 6) is -0.0688. The Morgan fingerprint density at radius 3 is 2.36 bits per heavy atom. The average Bonchev–Trinajstić information content (AvgIpc) is 2.14. The van der Waals surface area contributed by atoms with Gasteiger partial charge in [0.2, 0.25) is 0 Å². The van der Waals surface area contributed by atoms with Crippen molar-refractivity contribution in [3.63, 3.8) is 0 Å². The molecule has 0 spiro atoms. The van der Waals surface area contributed by atoms with Crippen LogP contribution in [0.2, 0.25) is 5.02 Å². The van der Waals surface area contributed by atoms with E-state index in [1.165, 1.54) is 6.92 Å². The highest BCUT2D eigenvalue weighted by atomic mass is 79.9. The quantitative estimate of drug-likeness (QED) is 0.625. The van der Waals surface area contributed by atoms with Crippen molar-refractivity contribution in [3.8, 4) is 0 Å². The molecule has 0 heterocycles. The highest BCUT2D eigenvalue weighted by Crippen LogP contribution is 2.27. The van der Waals surface area contributed by atoms with Gasteiger partial charge in [0.05, 0.1) is 5.02 Å². The molecule has 0 aliphatic heterocycles. The molecule has 78 valence electrons. The van der Waals surface area contributed by atoms with Crippen LogP contribution in [0.15, 0.2) is 16.6 Å². The van der Waals surface area contributed by atoms with E-state index in [0.29, 0.717) is 20.7 Å². The molecule has 0 aliphatic rings. The number of rotatable bonds is 1. The van der Waals surface area contributed by atoms with Gasteiger partial charge >= 0.3 is 0 Å². The summed E-state index contributed by atoms with van der Waals surface area (Å²) in [7, 11) is 0. The van der Waals surface area contributed by atoms with E-state index in [9.17, 15) is 4.79 Å². The molecular formula is C10H13BrClNO. The van der Waals surface area contributed by atoms with Crippen molar-refractivity contribution >= 4 is 39.0 Å². The second-order valence-corrected chi connectivity index (χ2v) is 3.67. The number of carbonyl (C=O) groups excluding carboxylic acids is 1. The number of anilines is 1. The molecule has 14 heavy (non-hydrogen) atoms. The first-order valence-corrected chi connectivity index (χ1v) is 5.45. The normalized spacial score (nSPS) is 8.93. The maximum Gasteiger partial charge on any atom is 0.161 e. The molecule has 1 rings (SSSR count). The van der Waals surface area contributed by atoms with Crippen LogP contribution in [0.1, 0.15) is 31.1 Å². The lowest BCUT2D eigenvalue weighted by Gasteiger charge is -2.03. The molecule has 4 heteroatoms. The van der Waals surface area contributed by atoms with Gasteiger partial charge in [0.1, 0.15) is 0 Å². The minimum atomic E-state index is -0.0688. The maximum atomic E-state index is 11.0. The first-order chi connectivity index (χ1) is 6.52. The van der Waals surface area contributed by atoms with Gasteiger partial charge < -0.3 is 5.73 Å². The van der Waals surface area contributed by atoms with Gasteiger partial charge in [0, 0.05) is 15.7 Å². The fourth-order valence-electron chi connectivity index (χ4n) is 0.832. The molecular weight excluding hydrogens is 265 g/mol. The second kappa shape index (κ2) is 6.04. The number of hydrogen-bond donors (Lipinski definition) is 1. The summed E-state index contributed by atoms with van der Waals surface area (Å²) < 4.78 is 0.692. The van der Waals surface area contributed by atoms with E-state index >= 15 is 0 Å². The number of halogens is 2. The molecule has 0 atom stereocenters. The Bertz CT molecular complexity index is 339. The topological polar surface area (TPSA) is 43.1 Å². The van der Waals surface area contributed by atoms with Gasteiger partial charge in [-0.25, -0.2) is 0 Å². The number of hydrogen-bond acceptors (Lipinski definition) is 2. The summed E-state index contributed by atoms with van der Waals surface area (Å²) in [6.45, 7) is 5.46. The van der Waals surface area contributed by atoms with Crippen molar-refractivity contribution < 1.29 is 4.79 Å². The highest BCUT2D eigenvalue weighted by molar-refractivity contribution is 9.10. The molecule has 2 N–H and O–H groups in total. The molecule has 0 aromatic heterocycles. The van der Waals surface area contributed by atoms with Crippen molar-refractivity contribution in [1.29, 1.82) is 0 Å². The van der Waals surface area contributed by atoms with Crippen molar-refractivity contribution in [2.75, 3.05) is 5.73 Å². The van der Waals surface area contributed by atoms with E-state index in [4.69, 9.17) is 17.3 Å². The van der Waals surface area contributed by atoms with E-state index < -0.39 is 0 Å². The zero-order valence-corrected chi connectivity index (χ0v) is 10.7. The Morgan fingerprint density at radius 2 is 1.93 bits per heavy atom. The zero-order valence-electron chi connectivity index (χ0n) is 8.40. The Hall–Kier alpha value is -0.540. The molecule has 2 nitrogen and oxygen atoms in total. The molecule has 0 fully saturated rings. The van der Waals surface area contributed by atoms with Gasteiger partial charge in [-0.3, -0.25) is 4.79 Å². The molecule has 0 unspecified atom stereocenters. The fourth-order valence-corrected chi connectivity index (χ4v) is 1.48. The Labute approximate surface area is 97.6 Å². The van der Waals surface area contributed by atoms with Gasteiger partial charge in [-0.2, -0.15) is 0 Å². The van der Waals surface area contributed by atoms with Crippen LogP contribution in [0, 0.1) is 0 Å². The van der Waals surface area contributed by atoms with E-state index in [1.807, 2.05) is 13.8 Å². The van der Waals surface area contributed by atoms with Crippen LogP contribution in [0.25, 0.3) is 0 Å². The monoisotopic (exact) mass is 277 g/mol. The minimum Gasteiger partial charge on any atom is -0.398 e. The molecule has 0 saturated heterocycles. The number of nitrogens with two attached hydrogens (primary N) is 1. The summed E-state index contributed by atoms with van der Waals surface area (Å²) in [4.78, 5) is 11.0. The fraction of sp³-hybridized carbons (Fsp3) is 0.300. The van der Waals surface area contributed by atoms with Gasteiger partial charge in [-0.15, -0.1) is 0 Å². The number of Topliss-reactive ketones (excluding diaryl/α,β-unsaturated/α-hetero) is 1. The van der Waals surface area contributed by atoms with Crippen LogP contribution in [-0.2, 0) is 0 Å². The molecule has 0 bridgehead atoms. The first kappa shape index (κ1) is 13.5. The molecule has 0 saturated carbocycles. The summed E-state index contributed by atoms with van der Waals surface area (Å²) in [6.07, 6.45) is 0. The zero-order chi connectivity index (χ0) is 11.3. The van der Waals surface area contributed by atoms with Crippen LogP contribution in [-0.4, -0.2) is 5.78 Å². The summed E-state index contributed by atoms with van der Waals surface area (Å²) in [5.41, 5.74) is 6.56. The Kier molecular flexibility index (Phi) is 5.81. The van der Waals surface area contributed by atoms with Crippen molar-refractivity contribution in [3.05, 3.63) is 27.2 Å². The third-order valence-electron chi connectivity index (χ3n) is 1.47. The summed E-state index contributed by atoms with van der Waals surface area (Å²) in [5, 5.41) is 0.392. The lowest BCUT2D eigenvalue weighted by Crippen LogP contribution is -1.96. The predicted octanol–water partition coefficient (Wildman–Crippen LogP) is 3.91. The maximum absolute atomic E-state index is 11.0. The number of nitrogen functional groups attached to an aromatic ring is 1. The van der Waals surface area contributed by atoms with Gasteiger partial charge in [0.15, 0.2) is 5.78 Å². The van der Waals surface area contributed by atoms with Crippen molar-refractivity contribution in [2.45, 2.75) is 20.8 Å². The third kappa shape index (κ3) is 3.31. The number of benzene rings is 1. The van der Waals surface area contributed by atoms with Gasteiger partial charge in [-0.1, -0.05) is 25.4 Å². The first-order valence-electron chi connectivity index (χ1n) is 4.28. The minimum absolute atomic E-state index is 0.0688. The SMILES string of the molecule is CC.CC(=O)c1cc(Br)c(N)cc1Cl. The van der Waals surface area contributed by atoms with Crippen molar-refractivity contribution in [2.24, 2.45) is 0 Å². The summed E-state index contributed by atoms with van der Waals surface area (Å²) in [6, 6.07) is 3.18. The Balaban J connectivity index is 0.000000791. The smallest absolute Gasteiger partial charge is 0.161 e. The molecule has 0 amide bonds. The van der Waals surface area contributed by atoms with Crippen LogP contribution in [0.3, 0.4) is 0 Å². The van der Waals surface area contributed by atoms with E-state index in [-0.39, 0.29) is 5.78 Å². The molecule has 0 aliphatic carbocycles. The van der Waals surface area contributed by atoms with Gasteiger partial charge in [-0.05, 0) is 35.0 Å². The molecule has 1 aromatic carbocycles. The molecule has 0 radical (unpaired) electrons.